The molecule has 0 heteroatoms. The molecular weight excluding hydrogens is 637 g/mol. The van der Waals surface area contributed by atoms with Crippen molar-refractivity contribution in [3.8, 4) is 44.5 Å². The van der Waals surface area contributed by atoms with Gasteiger partial charge in [-0.2, -0.15) is 0 Å². The number of rotatable bonds is 3. The Labute approximate surface area is 309 Å². The molecular formula is C53H36. The molecule has 248 valence electrons. The predicted molar refractivity (Wildman–Crippen MR) is 228 cm³/mol. The lowest BCUT2D eigenvalue weighted by molar-refractivity contribution is 0.660. The van der Waals surface area contributed by atoms with E-state index in [1.54, 1.807) is 0 Å². The second-order valence-corrected chi connectivity index (χ2v) is 15.2. The average molecular weight is 673 g/mol. The monoisotopic (exact) mass is 672 g/mol. The van der Waals surface area contributed by atoms with Gasteiger partial charge in [-0.05, 0) is 122 Å². The van der Waals surface area contributed by atoms with Gasteiger partial charge < -0.3 is 0 Å². The third-order valence-electron chi connectivity index (χ3n) is 12.1. The van der Waals surface area contributed by atoms with Crippen molar-refractivity contribution in [1.29, 1.82) is 0 Å². The fourth-order valence-electron chi connectivity index (χ4n) is 9.54. The van der Waals surface area contributed by atoms with E-state index in [1.807, 2.05) is 0 Å². The number of hydrogen-bond donors (Lipinski definition) is 0. The van der Waals surface area contributed by atoms with E-state index in [1.165, 1.54) is 109 Å². The molecule has 0 bridgehead atoms. The Balaban J connectivity index is 1.26. The molecule has 0 saturated heterocycles. The fourth-order valence-corrected chi connectivity index (χ4v) is 9.54. The topological polar surface area (TPSA) is 0 Å². The predicted octanol–water partition coefficient (Wildman–Crippen LogP) is 14.8. The molecule has 0 aliphatic heterocycles. The minimum atomic E-state index is -0.0826. The van der Waals surface area contributed by atoms with Crippen LogP contribution in [0.25, 0.3) is 98.4 Å². The first-order valence-corrected chi connectivity index (χ1v) is 18.7. The first-order chi connectivity index (χ1) is 26.1. The van der Waals surface area contributed by atoms with Crippen LogP contribution in [0.2, 0.25) is 0 Å². The molecule has 10 aromatic rings. The smallest absolute Gasteiger partial charge is 0.0159 e. The highest BCUT2D eigenvalue weighted by molar-refractivity contribution is 6.25. The minimum absolute atomic E-state index is 0.0826. The van der Waals surface area contributed by atoms with E-state index in [0.717, 1.165) is 0 Å². The van der Waals surface area contributed by atoms with Gasteiger partial charge in [-0.15, -0.1) is 0 Å². The quantitative estimate of drug-likeness (QED) is 0.129. The van der Waals surface area contributed by atoms with Gasteiger partial charge in [-0.25, -0.2) is 0 Å². The van der Waals surface area contributed by atoms with Gasteiger partial charge in [0.15, 0.2) is 0 Å². The van der Waals surface area contributed by atoms with Gasteiger partial charge in [-0.3, -0.25) is 0 Å². The van der Waals surface area contributed by atoms with Crippen molar-refractivity contribution in [1.82, 2.24) is 0 Å². The lowest BCUT2D eigenvalue weighted by atomic mass is 9.80. The van der Waals surface area contributed by atoms with Gasteiger partial charge in [0, 0.05) is 5.41 Å². The fraction of sp³-hybridized carbons (Fsp3) is 0.0566. The molecule has 0 unspecified atom stereocenters. The summed E-state index contributed by atoms with van der Waals surface area (Å²) >= 11 is 0. The van der Waals surface area contributed by atoms with Crippen LogP contribution in [0.5, 0.6) is 0 Å². The standard InChI is InChI=1S/C53H36/c1-53(2)49-24-10-9-18-42(49)43-29-27-36(32-50(43)53)51-45-19-7-8-20-46(45)52(44-23-12-22-40-38-17-6-4-14-34(38)25-28-41(40)44)48-31-35(26-30-47(48)51)39-21-11-15-33-13-3-5-16-37(33)39/h3-32H,1-2H3. The minimum Gasteiger partial charge on any atom is -0.0619 e. The van der Waals surface area contributed by atoms with Crippen LogP contribution < -0.4 is 0 Å². The van der Waals surface area contributed by atoms with Crippen LogP contribution in [0.3, 0.4) is 0 Å². The summed E-state index contributed by atoms with van der Waals surface area (Å²) in [5, 5.41) is 12.7. The van der Waals surface area contributed by atoms with Crippen molar-refractivity contribution in [3.05, 3.63) is 193 Å². The SMILES string of the molecule is CC1(C)c2ccccc2-c2ccc(-c3c4ccccc4c(-c4cccc5c4ccc4ccccc45)c4cc(-c5cccc6ccccc56)ccc34)cc21. The van der Waals surface area contributed by atoms with Crippen molar-refractivity contribution in [2.45, 2.75) is 19.3 Å². The van der Waals surface area contributed by atoms with E-state index in [4.69, 9.17) is 0 Å². The first-order valence-electron chi connectivity index (χ1n) is 18.7. The Bertz CT molecular complexity index is 3130. The third kappa shape index (κ3) is 4.36. The van der Waals surface area contributed by atoms with Crippen LogP contribution >= 0.6 is 0 Å². The van der Waals surface area contributed by atoms with Crippen molar-refractivity contribution < 1.29 is 0 Å². The molecule has 0 amide bonds. The molecule has 0 heterocycles. The van der Waals surface area contributed by atoms with E-state index < -0.39 is 0 Å². The molecule has 1 aliphatic rings. The molecule has 0 atom stereocenters. The molecule has 0 spiro atoms. The Hall–Kier alpha value is -6.50. The summed E-state index contributed by atoms with van der Waals surface area (Å²) in [5.41, 5.74) is 13.0. The average Bonchev–Trinajstić information content (AvgIpc) is 3.44. The second kappa shape index (κ2) is 11.2. The largest absolute Gasteiger partial charge is 0.0619 e. The molecule has 0 radical (unpaired) electrons. The lowest BCUT2D eigenvalue weighted by Gasteiger charge is -2.23. The Morgan fingerprint density at radius 2 is 0.830 bits per heavy atom. The molecule has 0 saturated carbocycles. The molecule has 0 aromatic heterocycles. The molecule has 0 fully saturated rings. The summed E-state index contributed by atoms with van der Waals surface area (Å²) in [6.45, 7) is 4.75. The van der Waals surface area contributed by atoms with Crippen LogP contribution in [0.1, 0.15) is 25.0 Å². The maximum Gasteiger partial charge on any atom is 0.0159 e. The molecule has 0 N–H and O–H groups in total. The maximum absolute atomic E-state index is 2.49. The summed E-state index contributed by atoms with van der Waals surface area (Å²) < 4.78 is 0. The van der Waals surface area contributed by atoms with Crippen molar-refractivity contribution in [2.24, 2.45) is 0 Å². The van der Waals surface area contributed by atoms with Crippen LogP contribution in [0.15, 0.2) is 182 Å². The van der Waals surface area contributed by atoms with Crippen LogP contribution in [-0.4, -0.2) is 0 Å². The normalized spacial score (nSPS) is 13.2. The van der Waals surface area contributed by atoms with Crippen LogP contribution in [0.4, 0.5) is 0 Å². The van der Waals surface area contributed by atoms with E-state index >= 15 is 0 Å². The molecule has 1 aliphatic carbocycles. The van der Waals surface area contributed by atoms with Gasteiger partial charge >= 0.3 is 0 Å². The van der Waals surface area contributed by atoms with Gasteiger partial charge in [0.2, 0.25) is 0 Å². The summed E-state index contributed by atoms with van der Waals surface area (Å²) in [4.78, 5) is 0. The number of hydrogen-bond acceptors (Lipinski definition) is 0. The zero-order valence-electron chi connectivity index (χ0n) is 29.8. The van der Waals surface area contributed by atoms with Crippen molar-refractivity contribution in [3.63, 3.8) is 0 Å². The third-order valence-corrected chi connectivity index (χ3v) is 12.1. The number of fused-ring (bicyclic) bond motifs is 9. The van der Waals surface area contributed by atoms with E-state index in [2.05, 4.69) is 196 Å². The molecule has 0 nitrogen and oxygen atoms in total. The highest BCUT2D eigenvalue weighted by Crippen LogP contribution is 2.52. The molecule has 11 rings (SSSR count). The van der Waals surface area contributed by atoms with E-state index in [9.17, 15) is 0 Å². The Kier molecular flexibility index (Phi) is 6.40. The highest BCUT2D eigenvalue weighted by Gasteiger charge is 2.35. The lowest BCUT2D eigenvalue weighted by Crippen LogP contribution is -2.14. The summed E-state index contributed by atoms with van der Waals surface area (Å²) in [7, 11) is 0. The van der Waals surface area contributed by atoms with E-state index in [0.29, 0.717) is 0 Å². The number of benzene rings is 10. The van der Waals surface area contributed by atoms with Gasteiger partial charge in [0.25, 0.3) is 0 Å². The highest BCUT2D eigenvalue weighted by atomic mass is 14.4. The zero-order chi connectivity index (χ0) is 35.3. The van der Waals surface area contributed by atoms with Crippen molar-refractivity contribution in [2.75, 3.05) is 0 Å². The Morgan fingerprint density at radius 3 is 1.68 bits per heavy atom. The molecule has 53 heavy (non-hydrogen) atoms. The van der Waals surface area contributed by atoms with Crippen LogP contribution in [-0.2, 0) is 5.41 Å². The summed E-state index contributed by atoms with van der Waals surface area (Å²) in [6, 6.07) is 68.1. The second-order valence-electron chi connectivity index (χ2n) is 15.2. The van der Waals surface area contributed by atoms with Crippen LogP contribution in [0, 0.1) is 0 Å². The molecule has 10 aromatic carbocycles. The summed E-state index contributed by atoms with van der Waals surface area (Å²) in [5.74, 6) is 0. The maximum atomic E-state index is 2.49. The Morgan fingerprint density at radius 1 is 0.283 bits per heavy atom. The van der Waals surface area contributed by atoms with Gasteiger partial charge in [0.05, 0.1) is 0 Å². The van der Waals surface area contributed by atoms with Gasteiger partial charge in [0.1, 0.15) is 0 Å². The van der Waals surface area contributed by atoms with Crippen molar-refractivity contribution >= 4 is 53.9 Å². The van der Waals surface area contributed by atoms with E-state index in [-0.39, 0.29) is 5.41 Å². The first kappa shape index (κ1) is 30.2. The zero-order valence-corrected chi connectivity index (χ0v) is 29.8. The van der Waals surface area contributed by atoms with Gasteiger partial charge in [-0.1, -0.05) is 184 Å². The summed E-state index contributed by atoms with van der Waals surface area (Å²) in [6.07, 6.45) is 0.